The Kier molecular flexibility index (Phi) is 5.25. The van der Waals surface area contributed by atoms with Crippen LogP contribution in [0.4, 0.5) is 4.39 Å². The summed E-state index contributed by atoms with van der Waals surface area (Å²) in [4.78, 5) is 0. The van der Waals surface area contributed by atoms with Crippen LogP contribution >= 0.6 is 0 Å². The lowest BCUT2D eigenvalue weighted by atomic mass is 10.1. The molecule has 0 atom stereocenters. The number of hydrogen-bond acceptors (Lipinski definition) is 4. The van der Waals surface area contributed by atoms with Gasteiger partial charge in [-0.2, -0.15) is 5.26 Å². The van der Waals surface area contributed by atoms with Crippen molar-refractivity contribution >= 4 is 9.84 Å². The molecule has 0 aliphatic carbocycles. The van der Waals surface area contributed by atoms with Crippen LogP contribution in [0.3, 0.4) is 0 Å². The summed E-state index contributed by atoms with van der Waals surface area (Å²) < 4.78 is 35.8. The van der Waals surface area contributed by atoms with Gasteiger partial charge in [0.2, 0.25) is 0 Å². The van der Waals surface area contributed by atoms with Gasteiger partial charge < -0.3 is 5.32 Å². The summed E-state index contributed by atoms with van der Waals surface area (Å²) in [5.41, 5.74) is 0.748. The second-order valence-corrected chi connectivity index (χ2v) is 6.30. The molecule has 0 radical (unpaired) electrons. The lowest BCUT2D eigenvalue weighted by molar-refractivity contribution is 0.583. The molecule has 98 valence electrons. The summed E-state index contributed by atoms with van der Waals surface area (Å²) in [5, 5.41) is 11.5. The maximum atomic E-state index is 13.4. The Morgan fingerprint density at radius 1 is 1.44 bits per heavy atom. The van der Waals surface area contributed by atoms with Crippen LogP contribution in [-0.4, -0.2) is 26.5 Å². The molecule has 0 saturated heterocycles. The third kappa shape index (κ3) is 4.43. The first-order valence-electron chi connectivity index (χ1n) is 5.58. The van der Waals surface area contributed by atoms with Crippen molar-refractivity contribution in [2.24, 2.45) is 0 Å². The minimum atomic E-state index is -3.01. The molecule has 0 heterocycles. The number of benzene rings is 1. The number of nitrogens with one attached hydrogen (secondary N) is 1. The molecule has 1 aromatic carbocycles. The van der Waals surface area contributed by atoms with Crippen LogP contribution < -0.4 is 5.32 Å². The lowest BCUT2D eigenvalue weighted by Crippen LogP contribution is -2.24. The number of nitrogens with zero attached hydrogens (tertiary/aromatic N) is 1. The van der Waals surface area contributed by atoms with E-state index in [1.807, 2.05) is 6.07 Å². The third-order valence-electron chi connectivity index (χ3n) is 2.52. The van der Waals surface area contributed by atoms with Crippen LogP contribution in [0.2, 0.25) is 0 Å². The van der Waals surface area contributed by atoms with Crippen LogP contribution in [0, 0.1) is 17.1 Å². The molecule has 6 heteroatoms. The molecule has 0 aliphatic rings. The van der Waals surface area contributed by atoms with Gasteiger partial charge in [0.1, 0.15) is 5.82 Å². The van der Waals surface area contributed by atoms with E-state index in [1.54, 1.807) is 6.92 Å². The first kappa shape index (κ1) is 14.6. The standard InChI is InChI=1S/C12H15FN2O2S/c1-2-18(16,17)6-5-15-9-11-7-10(8-14)3-4-12(11)13/h3-4,7,15H,2,5-6,9H2,1H3. The van der Waals surface area contributed by atoms with Gasteiger partial charge in [0.15, 0.2) is 9.84 Å². The lowest BCUT2D eigenvalue weighted by Gasteiger charge is -2.06. The third-order valence-corrected chi connectivity index (χ3v) is 4.23. The molecule has 0 bridgehead atoms. The zero-order valence-electron chi connectivity index (χ0n) is 10.1. The summed E-state index contributed by atoms with van der Waals surface area (Å²) in [6.45, 7) is 2.07. The highest BCUT2D eigenvalue weighted by molar-refractivity contribution is 7.91. The van der Waals surface area contributed by atoms with Crippen molar-refractivity contribution in [2.75, 3.05) is 18.1 Å². The Morgan fingerprint density at radius 2 is 2.17 bits per heavy atom. The van der Waals surface area contributed by atoms with Gasteiger partial charge in [-0.05, 0) is 18.2 Å². The van der Waals surface area contributed by atoms with E-state index in [0.717, 1.165) is 0 Å². The zero-order valence-corrected chi connectivity index (χ0v) is 10.9. The number of sulfone groups is 1. The van der Waals surface area contributed by atoms with Gasteiger partial charge in [-0.25, -0.2) is 12.8 Å². The van der Waals surface area contributed by atoms with Gasteiger partial charge in [-0.3, -0.25) is 0 Å². The van der Waals surface area contributed by atoms with E-state index in [-0.39, 0.29) is 24.6 Å². The van der Waals surface area contributed by atoms with Crippen LogP contribution in [0.1, 0.15) is 18.1 Å². The molecule has 0 amide bonds. The highest BCUT2D eigenvalue weighted by atomic mass is 32.2. The molecular weight excluding hydrogens is 255 g/mol. The van der Waals surface area contributed by atoms with Crippen molar-refractivity contribution in [1.29, 1.82) is 5.26 Å². The Labute approximate surface area is 106 Å². The predicted molar refractivity (Wildman–Crippen MR) is 67.1 cm³/mol. The van der Waals surface area contributed by atoms with E-state index >= 15 is 0 Å². The Bertz CT molecular complexity index is 550. The minimum Gasteiger partial charge on any atom is -0.312 e. The minimum absolute atomic E-state index is 0.0308. The molecule has 4 nitrogen and oxygen atoms in total. The maximum Gasteiger partial charge on any atom is 0.151 e. The van der Waals surface area contributed by atoms with Crippen molar-refractivity contribution in [2.45, 2.75) is 13.5 Å². The van der Waals surface area contributed by atoms with Gasteiger partial charge in [0, 0.05) is 24.4 Å². The van der Waals surface area contributed by atoms with E-state index in [0.29, 0.717) is 11.1 Å². The monoisotopic (exact) mass is 270 g/mol. The second kappa shape index (κ2) is 6.47. The molecule has 0 aromatic heterocycles. The van der Waals surface area contributed by atoms with E-state index in [4.69, 9.17) is 5.26 Å². The molecule has 0 spiro atoms. The van der Waals surface area contributed by atoms with Gasteiger partial charge >= 0.3 is 0 Å². The molecule has 1 aromatic rings. The highest BCUT2D eigenvalue weighted by Gasteiger charge is 2.07. The SMILES string of the molecule is CCS(=O)(=O)CCNCc1cc(C#N)ccc1F. The fourth-order valence-corrected chi connectivity index (χ4v) is 2.12. The summed E-state index contributed by atoms with van der Waals surface area (Å²) in [5.74, 6) is -0.268. The predicted octanol–water partition coefficient (Wildman–Crippen LogP) is 1.22. The van der Waals surface area contributed by atoms with Gasteiger partial charge in [-0.15, -0.1) is 0 Å². The number of halogens is 1. The molecule has 0 aliphatic heterocycles. The quantitative estimate of drug-likeness (QED) is 0.789. The topological polar surface area (TPSA) is 70.0 Å². The van der Waals surface area contributed by atoms with Crippen molar-refractivity contribution in [3.8, 4) is 6.07 Å². The van der Waals surface area contributed by atoms with Crippen LogP contribution in [-0.2, 0) is 16.4 Å². The first-order valence-corrected chi connectivity index (χ1v) is 7.40. The van der Waals surface area contributed by atoms with Crippen LogP contribution in [0.25, 0.3) is 0 Å². The van der Waals surface area contributed by atoms with Gasteiger partial charge in [0.05, 0.1) is 17.4 Å². The normalized spacial score (nSPS) is 11.2. The largest absolute Gasteiger partial charge is 0.312 e. The zero-order chi connectivity index (χ0) is 13.6. The molecule has 1 rings (SSSR count). The second-order valence-electron chi connectivity index (χ2n) is 3.83. The Hall–Kier alpha value is -1.45. The fraction of sp³-hybridized carbons (Fsp3) is 0.417. The van der Waals surface area contributed by atoms with Crippen LogP contribution in [0.15, 0.2) is 18.2 Å². The average Bonchev–Trinajstić information content (AvgIpc) is 2.36. The molecular formula is C12H15FN2O2S. The summed E-state index contributed by atoms with van der Waals surface area (Å²) >= 11 is 0. The fourth-order valence-electron chi connectivity index (χ4n) is 1.37. The maximum absolute atomic E-state index is 13.4. The van der Waals surface area contributed by atoms with E-state index < -0.39 is 15.7 Å². The van der Waals surface area contributed by atoms with Gasteiger partial charge in [0.25, 0.3) is 0 Å². The summed E-state index contributed by atoms with van der Waals surface area (Å²) in [6, 6.07) is 6.02. The van der Waals surface area contributed by atoms with E-state index in [1.165, 1.54) is 18.2 Å². The van der Waals surface area contributed by atoms with Crippen molar-refractivity contribution < 1.29 is 12.8 Å². The first-order chi connectivity index (χ1) is 8.48. The Balaban J connectivity index is 2.52. The molecule has 0 saturated carbocycles. The number of rotatable bonds is 6. The highest BCUT2D eigenvalue weighted by Crippen LogP contribution is 2.09. The molecule has 0 unspecified atom stereocenters. The number of hydrogen-bond donors (Lipinski definition) is 1. The Morgan fingerprint density at radius 3 is 2.78 bits per heavy atom. The molecule has 0 fully saturated rings. The van der Waals surface area contributed by atoms with E-state index in [2.05, 4.69) is 5.32 Å². The number of nitriles is 1. The molecule has 1 N–H and O–H groups in total. The van der Waals surface area contributed by atoms with E-state index in [9.17, 15) is 12.8 Å². The van der Waals surface area contributed by atoms with Crippen LogP contribution in [0.5, 0.6) is 0 Å². The van der Waals surface area contributed by atoms with Crippen molar-refractivity contribution in [1.82, 2.24) is 5.32 Å². The smallest absolute Gasteiger partial charge is 0.151 e. The van der Waals surface area contributed by atoms with Crippen molar-refractivity contribution in [3.05, 3.63) is 35.1 Å². The average molecular weight is 270 g/mol. The summed E-state index contributed by atoms with van der Waals surface area (Å²) in [6.07, 6.45) is 0. The molecule has 18 heavy (non-hydrogen) atoms. The van der Waals surface area contributed by atoms with Crippen molar-refractivity contribution in [3.63, 3.8) is 0 Å². The van der Waals surface area contributed by atoms with Gasteiger partial charge in [-0.1, -0.05) is 6.92 Å². The summed E-state index contributed by atoms with van der Waals surface area (Å²) in [7, 11) is -3.01.